The Kier molecular flexibility index (Phi) is 6.18. The number of anilines is 1. The normalized spacial score (nSPS) is 10.7. The summed E-state index contributed by atoms with van der Waals surface area (Å²) in [6.45, 7) is 1.64. The topological polar surface area (TPSA) is 114 Å². The Morgan fingerprint density at radius 2 is 1.73 bits per heavy atom. The van der Waals surface area contributed by atoms with Crippen LogP contribution in [0.5, 0.6) is 5.75 Å². The zero-order valence-corrected chi connectivity index (χ0v) is 15.1. The number of carbonyl (C=O) groups excluding carboxylic acids is 2. The molecule has 0 fully saturated rings. The maximum Gasteiger partial charge on any atom is 0.269 e. The SMILES string of the molecule is CCC(=O)NNC(=O)c1cccc(S(=O)(=O)Nc2ccc(OC)cc2)c1. The van der Waals surface area contributed by atoms with Crippen molar-refractivity contribution in [2.75, 3.05) is 11.8 Å². The smallest absolute Gasteiger partial charge is 0.269 e. The van der Waals surface area contributed by atoms with Crippen LogP contribution in [0.2, 0.25) is 0 Å². The number of carbonyl (C=O) groups is 2. The van der Waals surface area contributed by atoms with Crippen molar-refractivity contribution < 1.29 is 22.7 Å². The van der Waals surface area contributed by atoms with Gasteiger partial charge in [0.15, 0.2) is 0 Å². The third kappa shape index (κ3) is 4.96. The van der Waals surface area contributed by atoms with Crippen LogP contribution in [0.15, 0.2) is 53.4 Å². The van der Waals surface area contributed by atoms with Crippen molar-refractivity contribution in [2.24, 2.45) is 0 Å². The molecule has 0 aromatic heterocycles. The lowest BCUT2D eigenvalue weighted by Crippen LogP contribution is -2.41. The first-order chi connectivity index (χ1) is 12.4. The number of ether oxygens (including phenoxy) is 1. The Labute approximate surface area is 151 Å². The predicted molar refractivity (Wildman–Crippen MR) is 96.1 cm³/mol. The van der Waals surface area contributed by atoms with E-state index < -0.39 is 15.9 Å². The number of rotatable bonds is 6. The third-order valence-corrected chi connectivity index (χ3v) is 4.76. The van der Waals surface area contributed by atoms with Gasteiger partial charge in [0.2, 0.25) is 5.91 Å². The minimum Gasteiger partial charge on any atom is -0.497 e. The van der Waals surface area contributed by atoms with Gasteiger partial charge in [-0.25, -0.2) is 8.42 Å². The van der Waals surface area contributed by atoms with Crippen molar-refractivity contribution in [1.82, 2.24) is 10.9 Å². The Hall–Kier alpha value is -3.07. The predicted octanol–water partition coefficient (Wildman–Crippen LogP) is 1.67. The number of benzene rings is 2. The first kappa shape index (κ1) is 19.3. The zero-order chi connectivity index (χ0) is 19.2. The van der Waals surface area contributed by atoms with Crippen LogP contribution in [0.4, 0.5) is 5.69 Å². The van der Waals surface area contributed by atoms with Gasteiger partial charge in [-0.15, -0.1) is 0 Å². The van der Waals surface area contributed by atoms with Gasteiger partial charge in [-0.3, -0.25) is 25.2 Å². The van der Waals surface area contributed by atoms with Gasteiger partial charge in [-0.05, 0) is 42.5 Å². The van der Waals surface area contributed by atoms with Crippen LogP contribution in [-0.4, -0.2) is 27.3 Å². The number of hydrazine groups is 1. The zero-order valence-electron chi connectivity index (χ0n) is 14.3. The third-order valence-electron chi connectivity index (χ3n) is 3.39. The summed E-state index contributed by atoms with van der Waals surface area (Å²) in [5.41, 5.74) is 4.90. The Morgan fingerprint density at radius 3 is 2.35 bits per heavy atom. The van der Waals surface area contributed by atoms with E-state index in [9.17, 15) is 18.0 Å². The summed E-state index contributed by atoms with van der Waals surface area (Å²) in [6, 6.07) is 11.8. The van der Waals surface area contributed by atoms with E-state index in [1.54, 1.807) is 31.2 Å². The van der Waals surface area contributed by atoms with E-state index >= 15 is 0 Å². The molecule has 0 atom stereocenters. The van der Waals surface area contributed by atoms with E-state index in [1.165, 1.54) is 31.4 Å². The molecule has 0 aliphatic heterocycles. The maximum absolute atomic E-state index is 12.5. The second-order valence-corrected chi connectivity index (χ2v) is 6.90. The lowest BCUT2D eigenvalue weighted by atomic mass is 10.2. The molecule has 0 bridgehead atoms. The molecule has 0 saturated carbocycles. The molecule has 2 rings (SSSR count). The molecule has 0 aliphatic rings. The molecule has 0 radical (unpaired) electrons. The van der Waals surface area contributed by atoms with Crippen molar-refractivity contribution in [3.8, 4) is 5.75 Å². The summed E-state index contributed by atoms with van der Waals surface area (Å²) in [7, 11) is -2.37. The highest BCUT2D eigenvalue weighted by Crippen LogP contribution is 2.20. The van der Waals surface area contributed by atoms with Crippen molar-refractivity contribution >= 4 is 27.5 Å². The molecule has 138 valence electrons. The quantitative estimate of drug-likeness (QED) is 0.663. The van der Waals surface area contributed by atoms with Crippen LogP contribution in [0.3, 0.4) is 0 Å². The molecule has 9 heteroatoms. The lowest BCUT2D eigenvalue weighted by molar-refractivity contribution is -0.121. The summed E-state index contributed by atoms with van der Waals surface area (Å²) in [4.78, 5) is 23.1. The molecule has 2 aromatic carbocycles. The van der Waals surface area contributed by atoms with E-state index in [4.69, 9.17) is 4.74 Å². The van der Waals surface area contributed by atoms with Crippen LogP contribution in [-0.2, 0) is 14.8 Å². The number of sulfonamides is 1. The Balaban J connectivity index is 2.16. The molecular formula is C17H19N3O5S. The summed E-state index contributed by atoms with van der Waals surface area (Å²) < 4.78 is 32.4. The molecule has 0 saturated heterocycles. The number of hydrogen-bond acceptors (Lipinski definition) is 5. The van der Waals surface area contributed by atoms with Crippen molar-refractivity contribution in [1.29, 1.82) is 0 Å². The monoisotopic (exact) mass is 377 g/mol. The first-order valence-electron chi connectivity index (χ1n) is 7.72. The molecule has 8 nitrogen and oxygen atoms in total. The van der Waals surface area contributed by atoms with Gasteiger partial charge in [0.25, 0.3) is 15.9 Å². The second kappa shape index (κ2) is 8.34. The van der Waals surface area contributed by atoms with E-state index in [0.29, 0.717) is 11.4 Å². The van der Waals surface area contributed by atoms with Gasteiger partial charge in [0.05, 0.1) is 12.0 Å². The molecule has 0 aliphatic carbocycles. The Morgan fingerprint density at radius 1 is 1.04 bits per heavy atom. The van der Waals surface area contributed by atoms with E-state index in [0.717, 1.165) is 0 Å². The van der Waals surface area contributed by atoms with Crippen molar-refractivity contribution in [3.05, 3.63) is 54.1 Å². The molecule has 26 heavy (non-hydrogen) atoms. The highest BCUT2D eigenvalue weighted by molar-refractivity contribution is 7.92. The first-order valence-corrected chi connectivity index (χ1v) is 9.20. The number of nitrogens with one attached hydrogen (secondary N) is 3. The fraction of sp³-hybridized carbons (Fsp3) is 0.176. The molecule has 2 amide bonds. The van der Waals surface area contributed by atoms with Crippen LogP contribution in [0.1, 0.15) is 23.7 Å². The van der Waals surface area contributed by atoms with Crippen LogP contribution >= 0.6 is 0 Å². The van der Waals surface area contributed by atoms with E-state index in [-0.39, 0.29) is 22.8 Å². The standard InChI is InChI=1S/C17H19N3O5S/c1-3-16(21)18-19-17(22)12-5-4-6-15(11-12)26(23,24)20-13-7-9-14(25-2)10-8-13/h4-11,20H,3H2,1-2H3,(H,18,21)(H,19,22). The van der Waals surface area contributed by atoms with E-state index in [2.05, 4.69) is 15.6 Å². The molecule has 3 N–H and O–H groups in total. The van der Waals surface area contributed by atoms with Gasteiger partial charge in [0, 0.05) is 17.7 Å². The molecule has 0 heterocycles. The van der Waals surface area contributed by atoms with Gasteiger partial charge < -0.3 is 4.74 Å². The average molecular weight is 377 g/mol. The maximum atomic E-state index is 12.5. The fourth-order valence-electron chi connectivity index (χ4n) is 1.96. The van der Waals surface area contributed by atoms with Crippen LogP contribution in [0, 0.1) is 0 Å². The molecular weight excluding hydrogens is 358 g/mol. The van der Waals surface area contributed by atoms with E-state index in [1.807, 2.05) is 0 Å². The largest absolute Gasteiger partial charge is 0.497 e. The van der Waals surface area contributed by atoms with Gasteiger partial charge in [-0.1, -0.05) is 13.0 Å². The highest BCUT2D eigenvalue weighted by Gasteiger charge is 2.17. The molecule has 0 spiro atoms. The summed E-state index contributed by atoms with van der Waals surface area (Å²) >= 11 is 0. The number of methoxy groups -OCH3 is 1. The van der Waals surface area contributed by atoms with Crippen LogP contribution < -0.4 is 20.3 Å². The number of hydrogen-bond donors (Lipinski definition) is 3. The summed E-state index contributed by atoms with van der Waals surface area (Å²) in [5.74, 6) is -0.377. The lowest BCUT2D eigenvalue weighted by Gasteiger charge is -2.10. The summed E-state index contributed by atoms with van der Waals surface area (Å²) in [6.07, 6.45) is 0.209. The molecule has 2 aromatic rings. The second-order valence-electron chi connectivity index (χ2n) is 5.22. The average Bonchev–Trinajstić information content (AvgIpc) is 2.66. The van der Waals surface area contributed by atoms with Gasteiger partial charge in [0.1, 0.15) is 5.75 Å². The number of amides is 2. The molecule has 0 unspecified atom stereocenters. The Bertz CT molecular complexity index is 895. The van der Waals surface area contributed by atoms with Gasteiger partial charge in [-0.2, -0.15) is 0 Å². The van der Waals surface area contributed by atoms with Crippen molar-refractivity contribution in [2.45, 2.75) is 18.2 Å². The summed E-state index contributed by atoms with van der Waals surface area (Å²) in [5, 5.41) is 0. The van der Waals surface area contributed by atoms with Crippen molar-refractivity contribution in [3.63, 3.8) is 0 Å². The van der Waals surface area contributed by atoms with Gasteiger partial charge >= 0.3 is 0 Å². The highest BCUT2D eigenvalue weighted by atomic mass is 32.2. The minimum absolute atomic E-state index is 0.0808. The van der Waals surface area contributed by atoms with Crippen LogP contribution in [0.25, 0.3) is 0 Å². The minimum atomic E-state index is -3.88. The fourth-order valence-corrected chi connectivity index (χ4v) is 3.07.